The number of aromatic nitrogens is 4. The molecule has 5 aromatic rings. The highest BCUT2D eigenvalue weighted by atomic mass is 16.7. The van der Waals surface area contributed by atoms with Gasteiger partial charge in [0.2, 0.25) is 6.29 Å². The van der Waals surface area contributed by atoms with Gasteiger partial charge in [0.1, 0.15) is 12.4 Å². The molecule has 3 heterocycles. The molecule has 2 aromatic carbocycles. The molecule has 0 aliphatic heterocycles. The fraction of sp³-hybridized carbons (Fsp3) is 0.226. The molecule has 1 unspecified atom stereocenters. The van der Waals surface area contributed by atoms with E-state index in [1.54, 1.807) is 33.6 Å². The molecule has 0 saturated heterocycles. The summed E-state index contributed by atoms with van der Waals surface area (Å²) in [6, 6.07) is 17.8. The van der Waals surface area contributed by atoms with Gasteiger partial charge in [-0.15, -0.1) is 4.52 Å². The van der Waals surface area contributed by atoms with E-state index >= 15 is 0 Å². The van der Waals surface area contributed by atoms with Gasteiger partial charge < -0.3 is 20.5 Å². The van der Waals surface area contributed by atoms with Crippen LogP contribution in [0.1, 0.15) is 48.4 Å². The summed E-state index contributed by atoms with van der Waals surface area (Å²) in [6.45, 7) is 6.45. The number of nitrogens with one attached hydrogen (secondary N) is 2. The van der Waals surface area contributed by atoms with Gasteiger partial charge in [-0.05, 0) is 61.3 Å². The molecule has 0 aliphatic carbocycles. The fourth-order valence-corrected chi connectivity index (χ4v) is 4.74. The first-order valence-electron chi connectivity index (χ1n) is 13.4. The second kappa shape index (κ2) is 12.0. The van der Waals surface area contributed by atoms with Gasteiger partial charge >= 0.3 is 5.65 Å². The topological polar surface area (TPSA) is 128 Å². The van der Waals surface area contributed by atoms with E-state index in [1.165, 1.54) is 0 Å². The predicted octanol–water partition coefficient (Wildman–Crippen LogP) is 3.28. The van der Waals surface area contributed by atoms with Gasteiger partial charge in [0, 0.05) is 36.2 Å². The molecule has 0 bridgehead atoms. The van der Waals surface area contributed by atoms with Crippen molar-refractivity contribution < 1.29 is 18.8 Å². The number of para-hydroxylation sites is 1. The van der Waals surface area contributed by atoms with E-state index in [4.69, 9.17) is 15.2 Å². The Balaban J connectivity index is 1.62. The summed E-state index contributed by atoms with van der Waals surface area (Å²) in [5, 5.41) is 7.07. The third-order valence-corrected chi connectivity index (χ3v) is 6.55. The van der Waals surface area contributed by atoms with Gasteiger partial charge in [-0.2, -0.15) is 0 Å². The lowest BCUT2D eigenvalue weighted by Gasteiger charge is -2.21. The van der Waals surface area contributed by atoms with Crippen LogP contribution in [0.3, 0.4) is 0 Å². The first-order chi connectivity index (χ1) is 19.9. The van der Waals surface area contributed by atoms with Crippen LogP contribution in [0.4, 0.5) is 5.82 Å². The molecule has 10 heteroatoms. The summed E-state index contributed by atoms with van der Waals surface area (Å²) in [6.07, 6.45) is 2.61. The van der Waals surface area contributed by atoms with E-state index in [-0.39, 0.29) is 16.9 Å². The molecule has 0 saturated carbocycles. The minimum atomic E-state index is -0.698. The first-order valence-corrected chi connectivity index (χ1v) is 13.4. The summed E-state index contributed by atoms with van der Waals surface area (Å²) in [7, 11) is 0. The SMILES string of the molecule is CCOC(C#Cc1cccc2cc(C(C)NC(=O)c3c(N)[nH][n+]4cccnc34)n(-c3ccccc3)c(=O)c12)OCC. The van der Waals surface area contributed by atoms with Crippen molar-refractivity contribution in [2.45, 2.75) is 33.1 Å². The van der Waals surface area contributed by atoms with Crippen LogP contribution in [0.25, 0.3) is 22.1 Å². The number of carbonyl (C=O) groups is 1. The molecule has 1 atom stereocenters. The zero-order valence-corrected chi connectivity index (χ0v) is 23.0. The summed E-state index contributed by atoms with van der Waals surface area (Å²) in [5.41, 5.74) is 8.29. The highest BCUT2D eigenvalue weighted by molar-refractivity contribution is 6.03. The van der Waals surface area contributed by atoms with Gasteiger partial charge in [-0.3, -0.25) is 14.2 Å². The number of nitrogens with zero attached hydrogens (tertiary/aromatic N) is 3. The number of amides is 1. The third kappa shape index (κ3) is 5.54. The van der Waals surface area contributed by atoms with E-state index in [2.05, 4.69) is 27.2 Å². The molecule has 0 radical (unpaired) electrons. The molecule has 5 rings (SSSR count). The van der Waals surface area contributed by atoms with E-state index < -0.39 is 18.2 Å². The molecule has 4 N–H and O–H groups in total. The van der Waals surface area contributed by atoms with Crippen molar-refractivity contribution in [3.05, 3.63) is 100 Å². The number of benzene rings is 2. The molecular formula is C31H31N6O4+. The van der Waals surface area contributed by atoms with Crippen molar-refractivity contribution in [3.8, 4) is 17.5 Å². The number of H-pyrrole nitrogens is 1. The normalized spacial score (nSPS) is 11.9. The van der Waals surface area contributed by atoms with Gasteiger partial charge in [0.25, 0.3) is 11.5 Å². The van der Waals surface area contributed by atoms with Crippen molar-refractivity contribution in [1.82, 2.24) is 20.0 Å². The second-order valence-electron chi connectivity index (χ2n) is 9.24. The number of fused-ring (bicyclic) bond motifs is 2. The molecular weight excluding hydrogens is 520 g/mol. The van der Waals surface area contributed by atoms with Crippen LogP contribution in [-0.2, 0) is 9.47 Å². The number of nitrogen functional groups attached to an aromatic ring is 1. The average Bonchev–Trinajstić information content (AvgIpc) is 3.32. The summed E-state index contributed by atoms with van der Waals surface area (Å²) < 4.78 is 14.3. The predicted molar refractivity (Wildman–Crippen MR) is 156 cm³/mol. The van der Waals surface area contributed by atoms with Gasteiger partial charge in [-0.25, -0.2) is 5.10 Å². The summed E-state index contributed by atoms with van der Waals surface area (Å²) in [4.78, 5) is 31.9. The number of anilines is 1. The Bertz CT molecular complexity index is 1830. The molecule has 10 nitrogen and oxygen atoms in total. The number of rotatable bonds is 8. The highest BCUT2D eigenvalue weighted by Crippen LogP contribution is 2.24. The zero-order valence-electron chi connectivity index (χ0n) is 23.0. The molecule has 0 aliphatic rings. The van der Waals surface area contributed by atoms with E-state index in [1.807, 2.05) is 69.3 Å². The van der Waals surface area contributed by atoms with Crippen LogP contribution in [0.5, 0.6) is 0 Å². The van der Waals surface area contributed by atoms with Crippen LogP contribution in [0.15, 0.2) is 77.9 Å². The lowest BCUT2D eigenvalue weighted by atomic mass is 10.0. The Morgan fingerprint density at radius 1 is 1.12 bits per heavy atom. The summed E-state index contributed by atoms with van der Waals surface area (Å²) in [5.74, 6) is 5.85. The van der Waals surface area contributed by atoms with Gasteiger partial charge in [0.15, 0.2) is 11.4 Å². The molecule has 3 aromatic heterocycles. The van der Waals surface area contributed by atoms with E-state index in [0.717, 1.165) is 0 Å². The minimum absolute atomic E-state index is 0.188. The molecule has 0 spiro atoms. The van der Waals surface area contributed by atoms with Gasteiger partial charge in [0.05, 0.1) is 11.4 Å². The number of hydrogen-bond acceptors (Lipinski definition) is 6. The standard InChI is InChI=1S/C31H30N6O4/c1-4-40-25(41-5-2)16-15-21-11-9-12-22-19-24(37(31(39)26(21)22)23-13-7-6-8-14-23)20(3)34-30(38)27-28(32)35-36-18-10-17-33-29(27)36/h6-14,17-20,25H,4-5H2,1-3H3,(H3,32,34,35,38)/p+1. The largest absolute Gasteiger partial charge is 0.382 e. The summed E-state index contributed by atoms with van der Waals surface area (Å²) >= 11 is 0. The minimum Gasteiger partial charge on any atom is -0.382 e. The Labute approximate surface area is 236 Å². The smallest absolute Gasteiger partial charge is 0.362 e. The van der Waals surface area contributed by atoms with Gasteiger partial charge in [-0.1, -0.05) is 36.3 Å². The van der Waals surface area contributed by atoms with Crippen molar-refractivity contribution >= 4 is 28.1 Å². The molecule has 41 heavy (non-hydrogen) atoms. The zero-order chi connectivity index (χ0) is 28.9. The monoisotopic (exact) mass is 551 g/mol. The van der Waals surface area contributed by atoms with Crippen molar-refractivity contribution in [3.63, 3.8) is 0 Å². The van der Waals surface area contributed by atoms with Crippen molar-refractivity contribution in [1.29, 1.82) is 0 Å². The lowest BCUT2D eigenvalue weighted by Crippen LogP contribution is -2.33. The fourth-order valence-electron chi connectivity index (χ4n) is 4.74. The van der Waals surface area contributed by atoms with Crippen LogP contribution in [0, 0.1) is 11.8 Å². The van der Waals surface area contributed by atoms with Crippen LogP contribution in [0.2, 0.25) is 0 Å². The Hall–Kier alpha value is -4.98. The lowest BCUT2D eigenvalue weighted by molar-refractivity contribution is -0.577. The number of pyridine rings is 1. The number of carbonyl (C=O) groups excluding carboxylic acids is 1. The maximum atomic E-state index is 14.2. The van der Waals surface area contributed by atoms with Crippen LogP contribution >= 0.6 is 0 Å². The van der Waals surface area contributed by atoms with Crippen LogP contribution < -0.4 is 21.1 Å². The second-order valence-corrected chi connectivity index (χ2v) is 9.24. The van der Waals surface area contributed by atoms with Crippen molar-refractivity contribution in [2.75, 3.05) is 18.9 Å². The Morgan fingerprint density at radius 2 is 1.88 bits per heavy atom. The number of aromatic amines is 1. The molecule has 208 valence electrons. The Morgan fingerprint density at radius 3 is 2.61 bits per heavy atom. The maximum Gasteiger partial charge on any atom is 0.362 e. The number of hydrogen-bond donors (Lipinski definition) is 3. The Kier molecular flexibility index (Phi) is 8.10. The number of nitrogens with two attached hydrogens (primary N) is 1. The first kappa shape index (κ1) is 27.6. The van der Waals surface area contributed by atoms with E-state index in [9.17, 15) is 9.59 Å². The quantitative estimate of drug-likeness (QED) is 0.154. The van der Waals surface area contributed by atoms with Crippen LogP contribution in [-0.4, -0.2) is 40.1 Å². The number of ether oxygens (including phenoxy) is 2. The molecule has 1 amide bonds. The highest BCUT2D eigenvalue weighted by Gasteiger charge is 2.27. The average molecular weight is 552 g/mol. The van der Waals surface area contributed by atoms with Crippen molar-refractivity contribution in [2.24, 2.45) is 0 Å². The molecule has 0 fully saturated rings. The van der Waals surface area contributed by atoms with E-state index in [0.29, 0.717) is 46.6 Å². The maximum absolute atomic E-state index is 14.2. The third-order valence-electron chi connectivity index (χ3n) is 6.55.